The summed E-state index contributed by atoms with van der Waals surface area (Å²) in [5, 5.41) is 7.36. The molecule has 1 aromatic carbocycles. The van der Waals surface area contributed by atoms with Crippen LogP contribution >= 0.6 is 11.3 Å². The average molecular weight is 372 g/mol. The lowest BCUT2D eigenvalue weighted by Gasteiger charge is -2.16. The van der Waals surface area contributed by atoms with Gasteiger partial charge >= 0.3 is 5.97 Å². The van der Waals surface area contributed by atoms with Crippen LogP contribution in [-0.4, -0.2) is 23.1 Å². The van der Waals surface area contributed by atoms with Crippen molar-refractivity contribution in [3.05, 3.63) is 47.0 Å². The number of unbranched alkanes of at least 4 members (excludes halogenated alkanes) is 1. The van der Waals surface area contributed by atoms with Crippen LogP contribution in [0.4, 0.5) is 5.82 Å². The van der Waals surface area contributed by atoms with Gasteiger partial charge < -0.3 is 14.6 Å². The number of hydrogen-bond donors (Lipinski definition) is 1. The molecule has 2 aromatic heterocycles. The van der Waals surface area contributed by atoms with Gasteiger partial charge in [-0.15, -0.1) is 11.3 Å². The number of aryl methyl sites for hydroxylation is 1. The quantitative estimate of drug-likeness (QED) is 0.615. The maximum Gasteiger partial charge on any atom is 0.349 e. The van der Waals surface area contributed by atoms with Gasteiger partial charge in [0.25, 0.3) is 5.91 Å². The Morgan fingerprint density at radius 3 is 2.81 bits per heavy atom. The van der Waals surface area contributed by atoms with E-state index >= 15 is 0 Å². The normalized spacial score (nSPS) is 12.1. The molecular formula is C19H20N2O4S. The molecule has 0 bridgehead atoms. The van der Waals surface area contributed by atoms with Crippen molar-refractivity contribution in [2.45, 2.75) is 39.2 Å². The predicted octanol–water partition coefficient (Wildman–Crippen LogP) is 4.55. The zero-order valence-electron chi connectivity index (χ0n) is 14.7. The summed E-state index contributed by atoms with van der Waals surface area (Å²) in [7, 11) is 0. The van der Waals surface area contributed by atoms with Crippen LogP contribution in [0, 0.1) is 6.92 Å². The van der Waals surface area contributed by atoms with E-state index in [0.29, 0.717) is 22.9 Å². The molecule has 136 valence electrons. The molecule has 7 heteroatoms. The molecule has 6 nitrogen and oxygen atoms in total. The second-order valence-corrected chi connectivity index (χ2v) is 7.08. The zero-order chi connectivity index (χ0) is 18.5. The number of aromatic nitrogens is 1. The van der Waals surface area contributed by atoms with Crippen LogP contribution in [0.5, 0.6) is 0 Å². The van der Waals surface area contributed by atoms with Crippen LogP contribution in [0.25, 0.3) is 10.1 Å². The van der Waals surface area contributed by atoms with E-state index in [-0.39, 0.29) is 0 Å². The van der Waals surface area contributed by atoms with Crippen molar-refractivity contribution >= 4 is 39.1 Å². The maximum absolute atomic E-state index is 12.5. The summed E-state index contributed by atoms with van der Waals surface area (Å²) in [4.78, 5) is 25.5. The molecule has 0 saturated carbocycles. The number of anilines is 1. The molecule has 1 atom stereocenters. The van der Waals surface area contributed by atoms with Crippen molar-refractivity contribution in [2.75, 3.05) is 5.32 Å². The summed E-state index contributed by atoms with van der Waals surface area (Å²) in [6.07, 6.45) is 1.25. The van der Waals surface area contributed by atoms with Gasteiger partial charge in [-0.2, -0.15) is 0 Å². The number of thiophene rings is 1. The molecule has 0 saturated heterocycles. The van der Waals surface area contributed by atoms with Crippen molar-refractivity contribution in [3.63, 3.8) is 0 Å². The maximum atomic E-state index is 12.5. The van der Waals surface area contributed by atoms with Gasteiger partial charge in [-0.25, -0.2) is 4.79 Å². The number of hydrogen-bond acceptors (Lipinski definition) is 6. The van der Waals surface area contributed by atoms with Crippen molar-refractivity contribution in [1.82, 2.24) is 5.16 Å². The Hall–Kier alpha value is -2.67. The lowest BCUT2D eigenvalue weighted by Crippen LogP contribution is -2.32. The molecule has 3 aromatic rings. The van der Waals surface area contributed by atoms with Gasteiger partial charge in [-0.3, -0.25) is 4.79 Å². The first kappa shape index (κ1) is 18.1. The SMILES string of the molecule is CCCCC(OC(=O)c1cc2ccccc2s1)C(=O)Nc1cc(C)on1. The van der Waals surface area contributed by atoms with Crippen LogP contribution in [0.3, 0.4) is 0 Å². The highest BCUT2D eigenvalue weighted by atomic mass is 32.1. The molecule has 1 amide bonds. The number of carbonyl (C=O) groups excluding carboxylic acids is 2. The molecule has 26 heavy (non-hydrogen) atoms. The molecule has 0 aliphatic carbocycles. The summed E-state index contributed by atoms with van der Waals surface area (Å²) in [5.74, 6) is 0.0135. The number of esters is 1. The largest absolute Gasteiger partial charge is 0.448 e. The number of rotatable bonds is 7. The third kappa shape index (κ3) is 4.29. The molecule has 0 spiro atoms. The van der Waals surface area contributed by atoms with Gasteiger partial charge in [0.05, 0.1) is 0 Å². The predicted molar refractivity (Wildman–Crippen MR) is 100 cm³/mol. The second-order valence-electron chi connectivity index (χ2n) is 6.00. The lowest BCUT2D eigenvalue weighted by atomic mass is 10.1. The molecule has 0 fully saturated rings. The highest BCUT2D eigenvalue weighted by Crippen LogP contribution is 2.26. The van der Waals surface area contributed by atoms with E-state index in [1.54, 1.807) is 19.1 Å². The summed E-state index contributed by atoms with van der Waals surface area (Å²) in [6.45, 7) is 3.75. The highest BCUT2D eigenvalue weighted by Gasteiger charge is 2.25. The number of amides is 1. The first-order chi connectivity index (χ1) is 12.6. The number of nitrogens with zero attached hydrogens (tertiary/aromatic N) is 1. The first-order valence-electron chi connectivity index (χ1n) is 8.50. The van der Waals surface area contributed by atoms with E-state index in [0.717, 1.165) is 22.9 Å². The molecule has 0 aliphatic rings. The Morgan fingerprint density at radius 2 is 2.12 bits per heavy atom. The van der Waals surface area contributed by atoms with Crippen molar-refractivity contribution in [3.8, 4) is 0 Å². The van der Waals surface area contributed by atoms with Crippen LogP contribution in [0.2, 0.25) is 0 Å². The number of carbonyl (C=O) groups is 2. The number of benzene rings is 1. The van der Waals surface area contributed by atoms with Gasteiger partial charge in [-0.05, 0) is 37.3 Å². The number of ether oxygens (including phenoxy) is 1. The average Bonchev–Trinajstić information content (AvgIpc) is 3.24. The third-order valence-corrected chi connectivity index (χ3v) is 4.96. The van der Waals surface area contributed by atoms with Crippen LogP contribution in [0.15, 0.2) is 40.9 Å². The summed E-state index contributed by atoms with van der Waals surface area (Å²) >= 11 is 1.36. The van der Waals surface area contributed by atoms with E-state index < -0.39 is 18.0 Å². The molecule has 0 radical (unpaired) electrons. The Morgan fingerprint density at radius 1 is 1.31 bits per heavy atom. The third-order valence-electron chi connectivity index (χ3n) is 3.87. The van der Waals surface area contributed by atoms with Gasteiger partial charge in [0, 0.05) is 10.8 Å². The summed E-state index contributed by atoms with van der Waals surface area (Å²) < 4.78 is 11.5. The number of nitrogens with one attached hydrogen (secondary N) is 1. The molecular weight excluding hydrogens is 352 g/mol. The number of fused-ring (bicyclic) bond motifs is 1. The fourth-order valence-corrected chi connectivity index (χ4v) is 3.48. The van der Waals surface area contributed by atoms with Gasteiger partial charge in [0.1, 0.15) is 10.6 Å². The standard InChI is InChI=1S/C19H20N2O4S/c1-3-4-8-14(18(22)20-17-10-12(2)25-21-17)24-19(23)16-11-13-7-5-6-9-15(13)26-16/h5-7,9-11,14H,3-4,8H2,1-2H3,(H,20,21,22). The van der Waals surface area contributed by atoms with E-state index in [1.165, 1.54) is 11.3 Å². The molecule has 3 rings (SSSR count). The van der Waals surface area contributed by atoms with E-state index in [2.05, 4.69) is 10.5 Å². The smallest absolute Gasteiger partial charge is 0.349 e. The Bertz CT molecular complexity index is 882. The summed E-state index contributed by atoms with van der Waals surface area (Å²) in [6, 6.07) is 11.1. The minimum atomic E-state index is -0.871. The Balaban J connectivity index is 1.72. The van der Waals surface area contributed by atoms with E-state index in [9.17, 15) is 9.59 Å². The van der Waals surface area contributed by atoms with E-state index in [4.69, 9.17) is 9.26 Å². The van der Waals surface area contributed by atoms with Crippen LogP contribution < -0.4 is 5.32 Å². The van der Waals surface area contributed by atoms with Gasteiger partial charge in [0.2, 0.25) is 0 Å². The molecule has 1 unspecified atom stereocenters. The monoisotopic (exact) mass is 372 g/mol. The fraction of sp³-hybridized carbons (Fsp3) is 0.316. The fourth-order valence-electron chi connectivity index (χ4n) is 2.53. The topological polar surface area (TPSA) is 81.4 Å². The second kappa shape index (κ2) is 8.14. The van der Waals surface area contributed by atoms with Crippen LogP contribution in [-0.2, 0) is 9.53 Å². The molecule has 2 heterocycles. The Labute approximate surface area is 155 Å². The lowest BCUT2D eigenvalue weighted by molar-refractivity contribution is -0.125. The minimum absolute atomic E-state index is 0.312. The highest BCUT2D eigenvalue weighted by molar-refractivity contribution is 7.20. The van der Waals surface area contributed by atoms with Gasteiger partial charge in [-0.1, -0.05) is 36.7 Å². The zero-order valence-corrected chi connectivity index (χ0v) is 15.5. The van der Waals surface area contributed by atoms with Crippen molar-refractivity contribution < 1.29 is 18.8 Å². The minimum Gasteiger partial charge on any atom is -0.448 e. The van der Waals surface area contributed by atoms with E-state index in [1.807, 2.05) is 31.2 Å². The molecule has 1 N–H and O–H groups in total. The van der Waals surface area contributed by atoms with Gasteiger partial charge in [0.15, 0.2) is 11.9 Å². The summed E-state index contributed by atoms with van der Waals surface area (Å²) in [5.41, 5.74) is 0. The molecule has 0 aliphatic heterocycles. The first-order valence-corrected chi connectivity index (χ1v) is 9.32. The van der Waals surface area contributed by atoms with Crippen LogP contribution in [0.1, 0.15) is 41.6 Å². The van der Waals surface area contributed by atoms with Crippen molar-refractivity contribution in [2.24, 2.45) is 0 Å². The van der Waals surface area contributed by atoms with Crippen molar-refractivity contribution in [1.29, 1.82) is 0 Å². The Kier molecular flexibility index (Phi) is 5.68.